The molecular formula is C22H23F3N4O3. The number of anilines is 2. The van der Waals surface area contributed by atoms with E-state index in [1.165, 1.54) is 31.4 Å². The largest absolute Gasteiger partial charge is 0.493 e. The van der Waals surface area contributed by atoms with Crippen molar-refractivity contribution in [2.75, 3.05) is 57.2 Å². The van der Waals surface area contributed by atoms with Gasteiger partial charge in [-0.1, -0.05) is 0 Å². The highest BCUT2D eigenvalue weighted by Gasteiger charge is 2.35. The van der Waals surface area contributed by atoms with Gasteiger partial charge in [0.05, 0.1) is 30.0 Å². The highest BCUT2D eigenvalue weighted by molar-refractivity contribution is 5.93. The first-order valence-corrected chi connectivity index (χ1v) is 9.87. The Labute approximate surface area is 183 Å². The Balaban J connectivity index is 1.72. The molecule has 7 nitrogen and oxygen atoms in total. The van der Waals surface area contributed by atoms with Gasteiger partial charge in [-0.25, -0.2) is 0 Å². The molecule has 0 aromatic heterocycles. The first kappa shape index (κ1) is 23.2. The van der Waals surface area contributed by atoms with Gasteiger partial charge in [-0.3, -0.25) is 4.79 Å². The third-order valence-corrected chi connectivity index (χ3v) is 5.10. The molecule has 2 aromatic rings. The fourth-order valence-corrected chi connectivity index (χ4v) is 3.32. The van der Waals surface area contributed by atoms with Crippen LogP contribution >= 0.6 is 0 Å². The van der Waals surface area contributed by atoms with E-state index in [-0.39, 0.29) is 17.2 Å². The first-order chi connectivity index (χ1) is 15.2. The van der Waals surface area contributed by atoms with Crippen molar-refractivity contribution in [2.24, 2.45) is 0 Å². The van der Waals surface area contributed by atoms with Crippen LogP contribution in [0.3, 0.4) is 0 Å². The number of methoxy groups -OCH3 is 1. The lowest BCUT2D eigenvalue weighted by atomic mass is 10.1. The highest BCUT2D eigenvalue weighted by atomic mass is 19.4. The lowest BCUT2D eigenvalue weighted by Crippen LogP contribution is -2.44. The van der Waals surface area contributed by atoms with Crippen molar-refractivity contribution < 1.29 is 27.4 Å². The summed E-state index contributed by atoms with van der Waals surface area (Å²) < 4.78 is 51.5. The summed E-state index contributed by atoms with van der Waals surface area (Å²) in [4.78, 5) is 16.3. The van der Waals surface area contributed by atoms with Crippen molar-refractivity contribution in [3.63, 3.8) is 0 Å². The van der Waals surface area contributed by atoms with Crippen LogP contribution in [0, 0.1) is 11.3 Å². The number of alkyl halides is 3. The quantitative estimate of drug-likeness (QED) is 0.730. The van der Waals surface area contributed by atoms with Crippen molar-refractivity contribution in [1.29, 1.82) is 5.26 Å². The number of likely N-dealkylation sites (N-methyl/N-ethyl adjacent to an activating group) is 1. The number of nitriles is 1. The van der Waals surface area contributed by atoms with Crippen LogP contribution in [-0.4, -0.2) is 57.8 Å². The number of piperazine rings is 1. The van der Waals surface area contributed by atoms with E-state index in [1.807, 2.05) is 18.0 Å². The number of halogens is 3. The van der Waals surface area contributed by atoms with E-state index < -0.39 is 24.3 Å². The minimum Gasteiger partial charge on any atom is -0.493 e. The normalized spacial score (nSPS) is 14.6. The molecule has 1 N–H and O–H groups in total. The molecule has 170 valence electrons. The number of ether oxygens (including phenoxy) is 2. The highest BCUT2D eigenvalue weighted by Crippen LogP contribution is 2.37. The Morgan fingerprint density at radius 3 is 2.47 bits per heavy atom. The van der Waals surface area contributed by atoms with Gasteiger partial charge in [-0.2, -0.15) is 18.4 Å². The summed E-state index contributed by atoms with van der Waals surface area (Å²) in [5.41, 5.74) is -0.454. The summed E-state index contributed by atoms with van der Waals surface area (Å²) >= 11 is 0. The summed E-state index contributed by atoms with van der Waals surface area (Å²) in [5, 5.41) is 11.2. The topological polar surface area (TPSA) is 77.8 Å². The molecule has 0 saturated carbocycles. The number of amides is 1. The predicted octanol–water partition coefficient (Wildman–Crippen LogP) is 3.35. The Morgan fingerprint density at radius 2 is 1.84 bits per heavy atom. The zero-order valence-corrected chi connectivity index (χ0v) is 17.7. The molecule has 0 unspecified atom stereocenters. The summed E-state index contributed by atoms with van der Waals surface area (Å²) in [6.45, 7) is 2.24. The maximum atomic E-state index is 13.7. The number of carbonyl (C=O) groups excluding carboxylic acids is 1. The molecule has 0 aliphatic carbocycles. The smallest absolute Gasteiger partial charge is 0.418 e. The molecule has 0 bridgehead atoms. The number of benzene rings is 2. The second kappa shape index (κ2) is 9.78. The van der Waals surface area contributed by atoms with Gasteiger partial charge < -0.3 is 24.6 Å². The fourth-order valence-electron chi connectivity index (χ4n) is 3.32. The van der Waals surface area contributed by atoms with Gasteiger partial charge in [-0.05, 0) is 37.4 Å². The van der Waals surface area contributed by atoms with Gasteiger partial charge >= 0.3 is 6.18 Å². The number of rotatable bonds is 6. The Kier molecular flexibility index (Phi) is 7.10. The molecule has 10 heteroatoms. The summed E-state index contributed by atoms with van der Waals surface area (Å²) in [7, 11) is 3.34. The van der Waals surface area contributed by atoms with Crippen LogP contribution in [0.15, 0.2) is 36.4 Å². The molecule has 1 amide bonds. The number of nitrogens with one attached hydrogen (secondary N) is 1. The van der Waals surface area contributed by atoms with E-state index in [9.17, 15) is 18.0 Å². The molecule has 0 radical (unpaired) electrons. The number of carbonyl (C=O) groups is 1. The maximum Gasteiger partial charge on any atom is 0.418 e. The van der Waals surface area contributed by atoms with E-state index in [4.69, 9.17) is 14.7 Å². The molecule has 1 saturated heterocycles. The van der Waals surface area contributed by atoms with E-state index in [0.717, 1.165) is 19.2 Å². The number of hydrogen-bond acceptors (Lipinski definition) is 6. The lowest BCUT2D eigenvalue weighted by molar-refractivity contribution is -0.137. The fraction of sp³-hybridized carbons (Fsp3) is 0.364. The molecule has 1 heterocycles. The summed E-state index contributed by atoms with van der Waals surface area (Å²) in [6.07, 6.45) is -4.64. The SMILES string of the molecule is COc1cc(C#N)ccc1OCC(=O)Nc1ccc(N2CCN(C)CC2)cc1C(F)(F)F. The summed E-state index contributed by atoms with van der Waals surface area (Å²) in [6, 6.07) is 10.2. The zero-order chi connectivity index (χ0) is 23.3. The van der Waals surface area contributed by atoms with Gasteiger partial charge in [0.15, 0.2) is 18.1 Å². The van der Waals surface area contributed by atoms with Gasteiger partial charge in [0.1, 0.15) is 0 Å². The van der Waals surface area contributed by atoms with Crippen LogP contribution in [0.4, 0.5) is 24.5 Å². The maximum absolute atomic E-state index is 13.7. The van der Waals surface area contributed by atoms with Crippen LogP contribution < -0.4 is 19.7 Å². The predicted molar refractivity (Wildman–Crippen MR) is 113 cm³/mol. The van der Waals surface area contributed by atoms with Crippen molar-refractivity contribution in [1.82, 2.24) is 4.90 Å². The van der Waals surface area contributed by atoms with Crippen LogP contribution in [0.5, 0.6) is 11.5 Å². The molecule has 0 spiro atoms. The summed E-state index contributed by atoms with van der Waals surface area (Å²) in [5.74, 6) is -0.318. The van der Waals surface area contributed by atoms with Crippen LogP contribution in [-0.2, 0) is 11.0 Å². The second-order valence-corrected chi connectivity index (χ2v) is 7.33. The molecule has 1 fully saturated rings. The zero-order valence-electron chi connectivity index (χ0n) is 17.7. The Morgan fingerprint density at radius 1 is 1.12 bits per heavy atom. The molecule has 1 aliphatic heterocycles. The van der Waals surface area contributed by atoms with E-state index in [0.29, 0.717) is 24.3 Å². The van der Waals surface area contributed by atoms with Crippen molar-refractivity contribution in [2.45, 2.75) is 6.18 Å². The minimum absolute atomic E-state index is 0.197. The van der Waals surface area contributed by atoms with Gasteiger partial charge in [0.25, 0.3) is 5.91 Å². The Hall–Kier alpha value is -3.45. The van der Waals surface area contributed by atoms with Crippen molar-refractivity contribution in [3.8, 4) is 17.6 Å². The Bertz CT molecular complexity index is 1010. The number of hydrogen-bond donors (Lipinski definition) is 1. The second-order valence-electron chi connectivity index (χ2n) is 7.33. The first-order valence-electron chi connectivity index (χ1n) is 9.87. The molecule has 0 atom stereocenters. The van der Waals surface area contributed by atoms with Gasteiger partial charge in [0, 0.05) is 37.9 Å². The monoisotopic (exact) mass is 448 g/mol. The van der Waals surface area contributed by atoms with Crippen molar-refractivity contribution >= 4 is 17.3 Å². The standard InChI is InChI=1S/C22H23F3N4O3/c1-28-7-9-29(10-8-28)16-4-5-18(17(12-16)22(23,24)25)27-21(30)14-32-19-6-3-15(13-26)11-20(19)31-2/h3-6,11-12H,7-10,14H2,1-2H3,(H,27,30). The molecule has 2 aromatic carbocycles. The van der Waals surface area contributed by atoms with Gasteiger partial charge in [-0.15, -0.1) is 0 Å². The van der Waals surface area contributed by atoms with Crippen molar-refractivity contribution in [3.05, 3.63) is 47.5 Å². The van der Waals surface area contributed by atoms with E-state index in [1.54, 1.807) is 6.07 Å². The average molecular weight is 448 g/mol. The molecular weight excluding hydrogens is 425 g/mol. The number of nitrogens with zero attached hydrogens (tertiary/aromatic N) is 3. The van der Waals surface area contributed by atoms with Gasteiger partial charge in [0.2, 0.25) is 0 Å². The van der Waals surface area contributed by atoms with Crippen LogP contribution in [0.25, 0.3) is 0 Å². The van der Waals surface area contributed by atoms with E-state index >= 15 is 0 Å². The van der Waals surface area contributed by atoms with E-state index in [2.05, 4.69) is 10.2 Å². The molecule has 32 heavy (non-hydrogen) atoms. The third-order valence-electron chi connectivity index (χ3n) is 5.10. The minimum atomic E-state index is -4.64. The van der Waals surface area contributed by atoms with Crippen LogP contribution in [0.2, 0.25) is 0 Å². The lowest BCUT2D eigenvalue weighted by Gasteiger charge is -2.34. The molecule has 3 rings (SSSR count). The third kappa shape index (κ3) is 5.62. The van der Waals surface area contributed by atoms with Crippen LogP contribution in [0.1, 0.15) is 11.1 Å². The molecule has 1 aliphatic rings. The average Bonchev–Trinajstić information content (AvgIpc) is 2.77.